The summed E-state index contributed by atoms with van der Waals surface area (Å²) in [5, 5.41) is 17.5. The predicted octanol–water partition coefficient (Wildman–Crippen LogP) is 3.17. The van der Waals surface area contributed by atoms with Gasteiger partial charge in [0, 0.05) is 28.9 Å². The number of aromatic nitrogens is 1. The zero-order chi connectivity index (χ0) is 13.8. The molecule has 19 heavy (non-hydrogen) atoms. The molecule has 1 heterocycles. The number of aryl methyl sites for hydroxylation is 1. The average Bonchev–Trinajstić information content (AvgIpc) is 2.75. The molecule has 0 spiro atoms. The topological polar surface area (TPSA) is 80.1 Å². The van der Waals surface area contributed by atoms with Gasteiger partial charge in [0.25, 0.3) is 5.69 Å². The standard InChI is InChI=1S/C11H10N4O2S2/c1-7-6-12-11(19-7)14-10(18)13-8-2-4-9(5-3-8)15(16)17/h2-6H,1H3,(H2,12,13,14,18). The fourth-order valence-corrected chi connectivity index (χ4v) is 2.29. The molecule has 0 aliphatic carbocycles. The molecule has 6 nitrogen and oxygen atoms in total. The molecule has 2 N–H and O–H groups in total. The minimum Gasteiger partial charge on any atom is -0.332 e. The van der Waals surface area contributed by atoms with Crippen LogP contribution >= 0.6 is 23.6 Å². The first-order chi connectivity index (χ1) is 9.04. The second kappa shape index (κ2) is 5.72. The number of hydrogen-bond donors (Lipinski definition) is 2. The molecule has 2 aromatic rings. The van der Waals surface area contributed by atoms with Crippen LogP contribution in [-0.4, -0.2) is 15.0 Å². The quantitative estimate of drug-likeness (QED) is 0.514. The molecule has 1 aromatic heterocycles. The fraction of sp³-hybridized carbons (Fsp3) is 0.0909. The number of benzene rings is 1. The predicted molar refractivity (Wildman–Crippen MR) is 79.8 cm³/mol. The molecule has 0 atom stereocenters. The van der Waals surface area contributed by atoms with Gasteiger partial charge in [-0.1, -0.05) is 0 Å². The van der Waals surface area contributed by atoms with Gasteiger partial charge in [-0.2, -0.15) is 0 Å². The maximum Gasteiger partial charge on any atom is 0.269 e. The van der Waals surface area contributed by atoms with E-state index >= 15 is 0 Å². The van der Waals surface area contributed by atoms with Crippen LogP contribution in [0.2, 0.25) is 0 Å². The van der Waals surface area contributed by atoms with Gasteiger partial charge in [-0.15, -0.1) is 11.3 Å². The van der Waals surface area contributed by atoms with E-state index in [-0.39, 0.29) is 5.69 Å². The third-order valence-electron chi connectivity index (χ3n) is 2.18. The molecule has 0 bridgehead atoms. The van der Waals surface area contributed by atoms with Crippen molar-refractivity contribution < 1.29 is 4.92 Å². The van der Waals surface area contributed by atoms with Crippen molar-refractivity contribution in [2.75, 3.05) is 10.6 Å². The van der Waals surface area contributed by atoms with E-state index in [1.807, 2.05) is 6.92 Å². The number of non-ortho nitro benzene ring substituents is 1. The Hall–Kier alpha value is -2.06. The van der Waals surface area contributed by atoms with E-state index in [0.717, 1.165) is 4.88 Å². The summed E-state index contributed by atoms with van der Waals surface area (Å²) in [6.45, 7) is 1.95. The highest BCUT2D eigenvalue weighted by atomic mass is 32.1. The van der Waals surface area contributed by atoms with Crippen LogP contribution in [0.15, 0.2) is 30.5 Å². The lowest BCUT2D eigenvalue weighted by atomic mass is 10.3. The highest BCUT2D eigenvalue weighted by molar-refractivity contribution is 7.80. The summed E-state index contributed by atoms with van der Waals surface area (Å²) in [4.78, 5) is 15.3. The van der Waals surface area contributed by atoms with E-state index in [1.54, 1.807) is 18.3 Å². The number of thiocarbonyl (C=S) groups is 1. The molecule has 98 valence electrons. The zero-order valence-electron chi connectivity index (χ0n) is 9.91. The third kappa shape index (κ3) is 3.70. The smallest absolute Gasteiger partial charge is 0.269 e. The van der Waals surface area contributed by atoms with Gasteiger partial charge in [0.15, 0.2) is 10.2 Å². The number of thiazole rings is 1. The number of nitrogens with zero attached hydrogens (tertiary/aromatic N) is 2. The Balaban J connectivity index is 1.97. The van der Waals surface area contributed by atoms with Crippen molar-refractivity contribution in [3.8, 4) is 0 Å². The van der Waals surface area contributed by atoms with Crippen LogP contribution < -0.4 is 10.6 Å². The summed E-state index contributed by atoms with van der Waals surface area (Å²) in [7, 11) is 0. The molecular weight excluding hydrogens is 284 g/mol. The van der Waals surface area contributed by atoms with Crippen LogP contribution in [0.4, 0.5) is 16.5 Å². The lowest BCUT2D eigenvalue weighted by Gasteiger charge is -2.07. The Labute approximate surface area is 118 Å². The Morgan fingerprint density at radius 2 is 2.05 bits per heavy atom. The minimum atomic E-state index is -0.446. The summed E-state index contributed by atoms with van der Waals surface area (Å²) in [6, 6.07) is 6.02. The van der Waals surface area contributed by atoms with Crippen LogP contribution in [0, 0.1) is 17.0 Å². The molecule has 0 radical (unpaired) electrons. The van der Waals surface area contributed by atoms with Gasteiger partial charge in [0.05, 0.1) is 4.92 Å². The largest absolute Gasteiger partial charge is 0.332 e. The van der Waals surface area contributed by atoms with Crippen molar-refractivity contribution in [2.45, 2.75) is 6.92 Å². The van der Waals surface area contributed by atoms with E-state index in [1.165, 1.54) is 23.5 Å². The number of hydrogen-bond acceptors (Lipinski definition) is 5. The summed E-state index contributed by atoms with van der Waals surface area (Å²) in [5.74, 6) is 0. The Kier molecular flexibility index (Phi) is 4.03. The highest BCUT2D eigenvalue weighted by Gasteiger charge is 2.05. The van der Waals surface area contributed by atoms with Gasteiger partial charge in [-0.05, 0) is 31.3 Å². The van der Waals surface area contributed by atoms with E-state index in [2.05, 4.69) is 15.6 Å². The Morgan fingerprint density at radius 1 is 1.37 bits per heavy atom. The number of nitro groups is 1. The maximum atomic E-state index is 10.5. The first kappa shape index (κ1) is 13.4. The van der Waals surface area contributed by atoms with Crippen LogP contribution in [0.5, 0.6) is 0 Å². The lowest BCUT2D eigenvalue weighted by Crippen LogP contribution is -2.18. The molecule has 0 saturated heterocycles. The summed E-state index contributed by atoms with van der Waals surface area (Å²) < 4.78 is 0. The van der Waals surface area contributed by atoms with E-state index in [0.29, 0.717) is 15.9 Å². The molecule has 2 rings (SSSR count). The van der Waals surface area contributed by atoms with Crippen molar-refractivity contribution in [1.82, 2.24) is 4.98 Å². The molecule has 0 aliphatic rings. The van der Waals surface area contributed by atoms with Crippen molar-refractivity contribution in [3.05, 3.63) is 45.5 Å². The van der Waals surface area contributed by atoms with E-state index in [4.69, 9.17) is 12.2 Å². The number of nitro benzene ring substituents is 1. The van der Waals surface area contributed by atoms with Gasteiger partial charge < -0.3 is 10.6 Å². The second-order valence-electron chi connectivity index (χ2n) is 3.66. The van der Waals surface area contributed by atoms with Crippen molar-refractivity contribution in [1.29, 1.82) is 0 Å². The van der Waals surface area contributed by atoms with Crippen molar-refractivity contribution >= 4 is 45.2 Å². The van der Waals surface area contributed by atoms with E-state index in [9.17, 15) is 10.1 Å². The summed E-state index contributed by atoms with van der Waals surface area (Å²) in [6.07, 6.45) is 1.75. The molecule has 0 unspecified atom stereocenters. The third-order valence-corrected chi connectivity index (χ3v) is 3.21. The number of nitrogens with one attached hydrogen (secondary N) is 2. The van der Waals surface area contributed by atoms with Gasteiger partial charge >= 0.3 is 0 Å². The monoisotopic (exact) mass is 294 g/mol. The van der Waals surface area contributed by atoms with Gasteiger partial charge in [0.2, 0.25) is 0 Å². The lowest BCUT2D eigenvalue weighted by molar-refractivity contribution is -0.384. The van der Waals surface area contributed by atoms with E-state index < -0.39 is 4.92 Å². The van der Waals surface area contributed by atoms with Gasteiger partial charge in [-0.3, -0.25) is 10.1 Å². The highest BCUT2D eigenvalue weighted by Crippen LogP contribution is 2.18. The number of anilines is 2. The average molecular weight is 294 g/mol. The maximum absolute atomic E-state index is 10.5. The normalized spacial score (nSPS) is 9.95. The van der Waals surface area contributed by atoms with Gasteiger partial charge in [0.1, 0.15) is 0 Å². The van der Waals surface area contributed by atoms with Crippen molar-refractivity contribution in [2.24, 2.45) is 0 Å². The van der Waals surface area contributed by atoms with Crippen LogP contribution in [-0.2, 0) is 0 Å². The molecule has 1 aromatic carbocycles. The molecule has 8 heteroatoms. The SMILES string of the molecule is Cc1cnc(NC(=S)Nc2ccc([N+](=O)[O-])cc2)s1. The molecular formula is C11H10N4O2S2. The first-order valence-electron chi connectivity index (χ1n) is 5.29. The van der Waals surface area contributed by atoms with Crippen LogP contribution in [0.3, 0.4) is 0 Å². The summed E-state index contributed by atoms with van der Waals surface area (Å²) >= 11 is 6.62. The summed E-state index contributed by atoms with van der Waals surface area (Å²) in [5.41, 5.74) is 0.719. The fourth-order valence-electron chi connectivity index (χ4n) is 1.34. The van der Waals surface area contributed by atoms with Crippen LogP contribution in [0.1, 0.15) is 4.88 Å². The zero-order valence-corrected chi connectivity index (χ0v) is 11.5. The Bertz CT molecular complexity index is 609. The molecule has 0 aliphatic heterocycles. The Morgan fingerprint density at radius 3 is 2.58 bits per heavy atom. The van der Waals surface area contributed by atoms with Crippen molar-refractivity contribution in [3.63, 3.8) is 0 Å². The molecule has 0 amide bonds. The first-order valence-corrected chi connectivity index (χ1v) is 6.52. The second-order valence-corrected chi connectivity index (χ2v) is 5.30. The molecule has 0 fully saturated rings. The minimum absolute atomic E-state index is 0.0416. The molecule has 0 saturated carbocycles. The number of rotatable bonds is 3. The van der Waals surface area contributed by atoms with Gasteiger partial charge in [-0.25, -0.2) is 4.98 Å². The van der Waals surface area contributed by atoms with Crippen LogP contribution in [0.25, 0.3) is 0 Å².